The molecule has 4 aromatic rings. The van der Waals surface area contributed by atoms with E-state index in [2.05, 4.69) is 15.0 Å². The summed E-state index contributed by atoms with van der Waals surface area (Å²) in [6.07, 6.45) is 1.66. The van der Waals surface area contributed by atoms with Gasteiger partial charge in [-0.25, -0.2) is 8.42 Å². The van der Waals surface area contributed by atoms with Gasteiger partial charge in [0.05, 0.1) is 28.9 Å². The molecule has 1 aromatic heterocycles. The lowest BCUT2D eigenvalue weighted by atomic mass is 10.1. The van der Waals surface area contributed by atoms with E-state index in [0.717, 1.165) is 5.39 Å². The summed E-state index contributed by atoms with van der Waals surface area (Å²) in [5.74, 6) is 0.0468. The monoisotopic (exact) mass is 433 g/mol. The quantitative estimate of drug-likeness (QED) is 0.473. The first kappa shape index (κ1) is 20.4. The number of nitrogens with zero attached hydrogens (tertiary/aromatic N) is 1. The first-order chi connectivity index (χ1) is 15.0. The number of fused-ring (bicyclic) bond motifs is 1. The fraction of sp³-hybridized carbons (Fsp3) is 0.0435. The lowest BCUT2D eigenvalue weighted by molar-refractivity contribution is 0.102. The van der Waals surface area contributed by atoms with Crippen LogP contribution < -0.4 is 14.8 Å². The summed E-state index contributed by atoms with van der Waals surface area (Å²) in [6, 6.07) is 21.7. The van der Waals surface area contributed by atoms with Crippen molar-refractivity contribution in [2.45, 2.75) is 4.90 Å². The van der Waals surface area contributed by atoms with Crippen LogP contribution in [0, 0.1) is 0 Å². The van der Waals surface area contributed by atoms with Gasteiger partial charge in [-0.1, -0.05) is 30.3 Å². The minimum atomic E-state index is -3.85. The Balaban J connectivity index is 1.54. The predicted molar refractivity (Wildman–Crippen MR) is 120 cm³/mol. The van der Waals surface area contributed by atoms with E-state index >= 15 is 0 Å². The molecule has 0 aliphatic heterocycles. The molecule has 0 bridgehead atoms. The third-order valence-electron chi connectivity index (χ3n) is 4.66. The Morgan fingerprint density at radius 3 is 2.35 bits per heavy atom. The molecule has 0 fully saturated rings. The molecule has 0 saturated carbocycles. The Hall–Kier alpha value is -3.91. The number of anilines is 2. The molecule has 0 spiro atoms. The fourth-order valence-electron chi connectivity index (χ4n) is 3.12. The van der Waals surface area contributed by atoms with E-state index in [-0.39, 0.29) is 10.8 Å². The van der Waals surface area contributed by atoms with Crippen LogP contribution in [0.2, 0.25) is 0 Å². The maximum Gasteiger partial charge on any atom is 0.262 e. The number of benzene rings is 3. The molecular weight excluding hydrogens is 414 g/mol. The summed E-state index contributed by atoms with van der Waals surface area (Å²) in [5.41, 5.74) is 1.91. The second-order valence-electron chi connectivity index (χ2n) is 6.66. The van der Waals surface area contributed by atoms with E-state index in [0.29, 0.717) is 28.2 Å². The molecule has 31 heavy (non-hydrogen) atoms. The number of nitrogens with one attached hydrogen (secondary N) is 2. The van der Waals surface area contributed by atoms with Crippen LogP contribution in [0.5, 0.6) is 5.75 Å². The summed E-state index contributed by atoms with van der Waals surface area (Å²) in [7, 11) is -2.38. The zero-order valence-electron chi connectivity index (χ0n) is 16.6. The van der Waals surface area contributed by atoms with Crippen molar-refractivity contribution in [3.8, 4) is 5.75 Å². The summed E-state index contributed by atoms with van der Waals surface area (Å²) in [4.78, 5) is 17.0. The lowest BCUT2D eigenvalue weighted by Crippen LogP contribution is -2.15. The van der Waals surface area contributed by atoms with Gasteiger partial charge in [0, 0.05) is 17.1 Å². The average Bonchev–Trinajstić information content (AvgIpc) is 2.79. The second kappa shape index (κ2) is 8.45. The van der Waals surface area contributed by atoms with Gasteiger partial charge in [-0.3, -0.25) is 14.5 Å². The standard InChI is InChI=1S/C23H19N3O4S/c1-30-21-10-3-2-8-19(21)26-31(28,29)18-13-11-17(12-14-18)23(27)25-20-9-4-6-16-7-5-15-24-22(16)20/h2-15,26H,1H3,(H,25,27). The molecule has 4 rings (SSSR count). The van der Waals surface area contributed by atoms with Crippen LogP contribution in [0.4, 0.5) is 11.4 Å². The fourth-order valence-corrected chi connectivity index (χ4v) is 4.19. The van der Waals surface area contributed by atoms with Crippen molar-refractivity contribution >= 4 is 38.2 Å². The van der Waals surface area contributed by atoms with Crippen LogP contribution in [0.1, 0.15) is 10.4 Å². The minimum absolute atomic E-state index is 0.0294. The molecule has 0 unspecified atom stereocenters. The number of amides is 1. The van der Waals surface area contributed by atoms with Crippen LogP contribution >= 0.6 is 0 Å². The van der Waals surface area contributed by atoms with E-state index in [9.17, 15) is 13.2 Å². The van der Waals surface area contributed by atoms with Gasteiger partial charge in [-0.2, -0.15) is 0 Å². The van der Waals surface area contributed by atoms with Crippen molar-refractivity contribution in [1.29, 1.82) is 0 Å². The molecule has 3 aromatic carbocycles. The molecule has 1 heterocycles. The van der Waals surface area contributed by atoms with Crippen molar-refractivity contribution < 1.29 is 17.9 Å². The Kier molecular flexibility index (Phi) is 5.55. The number of aromatic nitrogens is 1. The SMILES string of the molecule is COc1ccccc1NS(=O)(=O)c1ccc(C(=O)Nc2cccc3cccnc23)cc1. The predicted octanol–water partition coefficient (Wildman–Crippen LogP) is 4.30. The number of pyridine rings is 1. The smallest absolute Gasteiger partial charge is 0.262 e. The highest BCUT2D eigenvalue weighted by molar-refractivity contribution is 7.92. The molecule has 0 radical (unpaired) electrons. The zero-order valence-corrected chi connectivity index (χ0v) is 17.4. The first-order valence-corrected chi connectivity index (χ1v) is 10.9. The molecule has 2 N–H and O–H groups in total. The molecule has 0 saturated heterocycles. The number of para-hydroxylation sites is 3. The third-order valence-corrected chi connectivity index (χ3v) is 6.04. The van der Waals surface area contributed by atoms with Gasteiger partial charge in [-0.05, 0) is 48.5 Å². The minimum Gasteiger partial charge on any atom is -0.495 e. The highest BCUT2D eigenvalue weighted by Crippen LogP contribution is 2.26. The van der Waals surface area contributed by atoms with Gasteiger partial charge in [0.1, 0.15) is 5.75 Å². The Morgan fingerprint density at radius 1 is 0.871 bits per heavy atom. The summed E-state index contributed by atoms with van der Waals surface area (Å²) >= 11 is 0. The maximum absolute atomic E-state index is 12.7. The van der Waals surface area contributed by atoms with Gasteiger partial charge in [0.25, 0.3) is 15.9 Å². The molecule has 0 aliphatic carbocycles. The maximum atomic E-state index is 12.7. The van der Waals surface area contributed by atoms with Crippen molar-refractivity contribution in [2.75, 3.05) is 17.1 Å². The van der Waals surface area contributed by atoms with Crippen molar-refractivity contribution in [1.82, 2.24) is 4.98 Å². The number of methoxy groups -OCH3 is 1. The number of hydrogen-bond donors (Lipinski definition) is 2. The highest BCUT2D eigenvalue weighted by Gasteiger charge is 2.17. The average molecular weight is 433 g/mol. The Bertz CT molecular complexity index is 1350. The molecule has 156 valence electrons. The van der Waals surface area contributed by atoms with E-state index in [1.165, 1.54) is 31.4 Å². The van der Waals surface area contributed by atoms with Crippen molar-refractivity contribution in [3.05, 3.63) is 90.6 Å². The van der Waals surface area contributed by atoms with Gasteiger partial charge < -0.3 is 10.1 Å². The number of sulfonamides is 1. The number of carbonyl (C=O) groups excluding carboxylic acids is 1. The largest absolute Gasteiger partial charge is 0.495 e. The molecule has 8 heteroatoms. The molecule has 7 nitrogen and oxygen atoms in total. The molecular formula is C23H19N3O4S. The third kappa shape index (κ3) is 4.34. The Morgan fingerprint density at radius 2 is 1.58 bits per heavy atom. The highest BCUT2D eigenvalue weighted by atomic mass is 32.2. The number of rotatable bonds is 6. The first-order valence-electron chi connectivity index (χ1n) is 9.39. The molecule has 0 aliphatic rings. The van der Waals surface area contributed by atoms with Crippen molar-refractivity contribution in [2.24, 2.45) is 0 Å². The van der Waals surface area contributed by atoms with Gasteiger partial charge >= 0.3 is 0 Å². The van der Waals surface area contributed by atoms with Gasteiger partial charge in [-0.15, -0.1) is 0 Å². The van der Waals surface area contributed by atoms with Crippen LogP contribution in [0.25, 0.3) is 10.9 Å². The van der Waals surface area contributed by atoms with E-state index in [4.69, 9.17) is 4.74 Å². The molecule has 1 amide bonds. The number of ether oxygens (including phenoxy) is 1. The van der Waals surface area contributed by atoms with Crippen LogP contribution in [-0.4, -0.2) is 26.4 Å². The van der Waals surface area contributed by atoms with Crippen LogP contribution in [0.3, 0.4) is 0 Å². The molecule has 0 atom stereocenters. The zero-order chi connectivity index (χ0) is 21.8. The van der Waals surface area contributed by atoms with Crippen LogP contribution in [0.15, 0.2) is 90.0 Å². The second-order valence-corrected chi connectivity index (χ2v) is 8.35. The summed E-state index contributed by atoms with van der Waals surface area (Å²) < 4.78 is 33.1. The van der Waals surface area contributed by atoms with Gasteiger partial charge in [0.2, 0.25) is 0 Å². The lowest BCUT2D eigenvalue weighted by Gasteiger charge is -2.12. The van der Waals surface area contributed by atoms with Crippen LogP contribution in [-0.2, 0) is 10.0 Å². The topological polar surface area (TPSA) is 97.4 Å². The van der Waals surface area contributed by atoms with E-state index in [1.807, 2.05) is 24.3 Å². The van der Waals surface area contributed by atoms with E-state index in [1.54, 1.807) is 36.5 Å². The summed E-state index contributed by atoms with van der Waals surface area (Å²) in [5, 5.41) is 3.74. The van der Waals surface area contributed by atoms with Crippen molar-refractivity contribution in [3.63, 3.8) is 0 Å². The normalized spacial score (nSPS) is 11.1. The summed E-state index contributed by atoms with van der Waals surface area (Å²) in [6.45, 7) is 0. The number of carbonyl (C=O) groups is 1. The number of hydrogen-bond acceptors (Lipinski definition) is 5. The Labute approximate surface area is 179 Å². The van der Waals surface area contributed by atoms with E-state index < -0.39 is 10.0 Å². The van der Waals surface area contributed by atoms with Gasteiger partial charge in [0.15, 0.2) is 0 Å².